The monoisotopic (exact) mass is 450 g/mol. The van der Waals surface area contributed by atoms with Gasteiger partial charge >= 0.3 is 0 Å². The summed E-state index contributed by atoms with van der Waals surface area (Å²) >= 11 is 0. The number of nitrogens with zero attached hydrogens (tertiary/aromatic N) is 1. The van der Waals surface area contributed by atoms with Crippen LogP contribution >= 0.6 is 24.0 Å². The van der Waals surface area contributed by atoms with Gasteiger partial charge in [0.25, 0.3) is 0 Å². The average molecular weight is 450 g/mol. The Labute approximate surface area is 164 Å². The molecule has 2 aromatic carbocycles. The van der Waals surface area contributed by atoms with Gasteiger partial charge in [-0.05, 0) is 36.6 Å². The maximum Gasteiger partial charge on any atom is 0.193 e. The predicted molar refractivity (Wildman–Crippen MR) is 115 cm³/mol. The molecule has 25 heavy (non-hydrogen) atoms. The summed E-state index contributed by atoms with van der Waals surface area (Å²) in [6.45, 7) is 0.683. The number of guanidine groups is 1. The minimum atomic E-state index is 0. The molecule has 0 unspecified atom stereocenters. The van der Waals surface area contributed by atoms with E-state index in [1.807, 2.05) is 30.3 Å². The number of H-pyrrole nitrogens is 1. The van der Waals surface area contributed by atoms with E-state index in [0.29, 0.717) is 12.5 Å². The molecule has 0 aliphatic carbocycles. The van der Waals surface area contributed by atoms with Gasteiger partial charge in [0.15, 0.2) is 5.96 Å². The third kappa shape index (κ3) is 5.12. The molecular weight excluding hydrogens is 427 g/mol. The normalized spacial score (nSPS) is 11.2. The van der Waals surface area contributed by atoms with Crippen LogP contribution in [0, 0.1) is 0 Å². The van der Waals surface area contributed by atoms with E-state index in [-0.39, 0.29) is 24.0 Å². The molecule has 132 valence electrons. The van der Waals surface area contributed by atoms with Crippen molar-refractivity contribution in [2.24, 2.45) is 10.7 Å². The second-order valence-corrected chi connectivity index (χ2v) is 5.59. The fourth-order valence-corrected chi connectivity index (χ4v) is 2.70. The van der Waals surface area contributed by atoms with Crippen molar-refractivity contribution in [3.05, 3.63) is 60.3 Å². The molecule has 5 nitrogen and oxygen atoms in total. The van der Waals surface area contributed by atoms with E-state index in [4.69, 9.17) is 10.5 Å². The highest BCUT2D eigenvalue weighted by atomic mass is 127. The lowest BCUT2D eigenvalue weighted by atomic mass is 10.1. The molecule has 0 radical (unpaired) electrons. The van der Waals surface area contributed by atoms with Crippen LogP contribution in [-0.4, -0.2) is 24.6 Å². The van der Waals surface area contributed by atoms with Crippen LogP contribution in [0.25, 0.3) is 10.9 Å². The zero-order chi connectivity index (χ0) is 16.8. The molecule has 0 aliphatic heterocycles. The van der Waals surface area contributed by atoms with Crippen LogP contribution in [0.15, 0.2) is 59.7 Å². The standard InChI is InChI=1S/C19H22N4O.HI/c1-24-16-8-4-7-15(12-16)23-19(20)21-11-5-6-14-13-22-18-10-3-2-9-17(14)18;/h2-4,7-10,12-13,22H,5-6,11H2,1H3,(H3,20,21,23);1H. The molecule has 0 amide bonds. The van der Waals surface area contributed by atoms with Gasteiger partial charge in [0.1, 0.15) is 5.75 Å². The Hall–Kier alpha value is -2.22. The van der Waals surface area contributed by atoms with Gasteiger partial charge in [-0.15, -0.1) is 24.0 Å². The number of hydrogen-bond acceptors (Lipinski definition) is 2. The third-order valence-electron chi connectivity index (χ3n) is 3.90. The number of hydrogen-bond donors (Lipinski definition) is 3. The van der Waals surface area contributed by atoms with E-state index in [0.717, 1.165) is 24.3 Å². The van der Waals surface area contributed by atoms with Crippen LogP contribution in [0.2, 0.25) is 0 Å². The van der Waals surface area contributed by atoms with Crippen molar-refractivity contribution in [2.75, 3.05) is 19.0 Å². The highest BCUT2D eigenvalue weighted by Crippen LogP contribution is 2.19. The van der Waals surface area contributed by atoms with E-state index in [1.165, 1.54) is 16.5 Å². The summed E-state index contributed by atoms with van der Waals surface area (Å²) in [4.78, 5) is 7.68. The molecule has 1 aromatic heterocycles. The summed E-state index contributed by atoms with van der Waals surface area (Å²) < 4.78 is 5.19. The van der Waals surface area contributed by atoms with Gasteiger partial charge in [-0.1, -0.05) is 24.3 Å². The number of aliphatic imine (C=N–C) groups is 1. The second kappa shape index (κ2) is 9.31. The molecule has 0 atom stereocenters. The Kier molecular flexibility index (Phi) is 7.12. The van der Waals surface area contributed by atoms with Crippen LogP contribution in [0.4, 0.5) is 5.69 Å². The van der Waals surface area contributed by atoms with Crippen molar-refractivity contribution in [2.45, 2.75) is 12.8 Å². The van der Waals surface area contributed by atoms with Gasteiger partial charge in [0.05, 0.1) is 7.11 Å². The number of para-hydroxylation sites is 1. The van der Waals surface area contributed by atoms with Crippen LogP contribution in [0.1, 0.15) is 12.0 Å². The molecule has 0 fully saturated rings. The summed E-state index contributed by atoms with van der Waals surface area (Å²) in [5.41, 5.74) is 9.30. The van der Waals surface area contributed by atoms with E-state index in [2.05, 4.69) is 39.7 Å². The number of rotatable bonds is 6. The Balaban J connectivity index is 0.00000225. The lowest BCUT2D eigenvalue weighted by molar-refractivity contribution is 0.415. The molecular formula is C19H23IN4O. The molecule has 0 saturated carbocycles. The highest BCUT2D eigenvalue weighted by molar-refractivity contribution is 14.0. The first-order valence-electron chi connectivity index (χ1n) is 8.02. The Bertz CT molecular complexity index is 844. The second-order valence-electron chi connectivity index (χ2n) is 5.59. The summed E-state index contributed by atoms with van der Waals surface area (Å²) in [5.74, 6) is 1.20. The summed E-state index contributed by atoms with van der Waals surface area (Å²) in [6.07, 6.45) is 3.99. The summed E-state index contributed by atoms with van der Waals surface area (Å²) in [6, 6.07) is 15.9. The minimum absolute atomic E-state index is 0. The number of aryl methyl sites for hydroxylation is 1. The SMILES string of the molecule is COc1cccc(NC(N)=NCCCc2c[nH]c3ccccc23)c1.I. The first kappa shape index (κ1) is 19.1. The van der Waals surface area contributed by atoms with Crippen molar-refractivity contribution in [1.29, 1.82) is 0 Å². The van der Waals surface area contributed by atoms with Gasteiger partial charge in [-0.3, -0.25) is 4.99 Å². The van der Waals surface area contributed by atoms with Crippen molar-refractivity contribution >= 4 is 46.5 Å². The number of methoxy groups -OCH3 is 1. The molecule has 3 aromatic rings. The van der Waals surface area contributed by atoms with Crippen molar-refractivity contribution in [3.8, 4) is 5.75 Å². The fraction of sp³-hybridized carbons (Fsp3) is 0.211. The lowest BCUT2D eigenvalue weighted by Crippen LogP contribution is -2.22. The molecule has 3 rings (SSSR count). The number of aromatic amines is 1. The molecule has 4 N–H and O–H groups in total. The number of halogens is 1. The third-order valence-corrected chi connectivity index (χ3v) is 3.90. The topological polar surface area (TPSA) is 75.4 Å². The van der Waals surface area contributed by atoms with Crippen LogP contribution in [0.5, 0.6) is 5.75 Å². The number of anilines is 1. The molecule has 0 bridgehead atoms. The number of ether oxygens (including phenoxy) is 1. The Morgan fingerprint density at radius 3 is 2.88 bits per heavy atom. The minimum Gasteiger partial charge on any atom is -0.497 e. The molecule has 1 heterocycles. The Morgan fingerprint density at radius 2 is 2.04 bits per heavy atom. The first-order valence-corrected chi connectivity index (χ1v) is 8.02. The number of nitrogens with two attached hydrogens (primary N) is 1. The maximum atomic E-state index is 5.94. The number of benzene rings is 2. The summed E-state index contributed by atoms with van der Waals surface area (Å²) in [5, 5.41) is 4.36. The van der Waals surface area contributed by atoms with E-state index < -0.39 is 0 Å². The van der Waals surface area contributed by atoms with Crippen LogP contribution < -0.4 is 15.8 Å². The molecule has 0 spiro atoms. The first-order chi connectivity index (χ1) is 11.8. The number of nitrogens with one attached hydrogen (secondary N) is 2. The Morgan fingerprint density at radius 1 is 1.20 bits per heavy atom. The van der Waals surface area contributed by atoms with Gasteiger partial charge in [-0.2, -0.15) is 0 Å². The van der Waals surface area contributed by atoms with Crippen LogP contribution in [-0.2, 0) is 6.42 Å². The number of fused-ring (bicyclic) bond motifs is 1. The number of aromatic nitrogens is 1. The van der Waals surface area contributed by atoms with Gasteiger partial charge in [-0.25, -0.2) is 0 Å². The smallest absolute Gasteiger partial charge is 0.193 e. The highest BCUT2D eigenvalue weighted by Gasteiger charge is 2.02. The van der Waals surface area contributed by atoms with Crippen molar-refractivity contribution in [1.82, 2.24) is 4.98 Å². The average Bonchev–Trinajstić information content (AvgIpc) is 3.02. The zero-order valence-electron chi connectivity index (χ0n) is 14.2. The van der Waals surface area contributed by atoms with Gasteiger partial charge < -0.3 is 20.8 Å². The van der Waals surface area contributed by atoms with Crippen molar-refractivity contribution in [3.63, 3.8) is 0 Å². The molecule has 0 aliphatic rings. The predicted octanol–water partition coefficient (Wildman–Crippen LogP) is 4.15. The zero-order valence-corrected chi connectivity index (χ0v) is 16.5. The van der Waals surface area contributed by atoms with Gasteiger partial charge in [0, 0.05) is 35.4 Å². The van der Waals surface area contributed by atoms with Crippen LogP contribution in [0.3, 0.4) is 0 Å². The largest absolute Gasteiger partial charge is 0.497 e. The van der Waals surface area contributed by atoms with Gasteiger partial charge in [0.2, 0.25) is 0 Å². The quantitative estimate of drug-likeness (QED) is 0.229. The molecule has 0 saturated heterocycles. The van der Waals surface area contributed by atoms with E-state index in [9.17, 15) is 0 Å². The molecule has 6 heteroatoms. The van der Waals surface area contributed by atoms with E-state index >= 15 is 0 Å². The summed E-state index contributed by atoms with van der Waals surface area (Å²) in [7, 11) is 1.64. The maximum absolute atomic E-state index is 5.94. The van der Waals surface area contributed by atoms with E-state index in [1.54, 1.807) is 7.11 Å². The lowest BCUT2D eigenvalue weighted by Gasteiger charge is -2.07. The fourth-order valence-electron chi connectivity index (χ4n) is 2.70. The van der Waals surface area contributed by atoms with Crippen molar-refractivity contribution < 1.29 is 4.74 Å².